The first-order valence-corrected chi connectivity index (χ1v) is 9.54. The molecular weight excluding hydrogens is 374 g/mol. The Balaban J connectivity index is 1.90. The van der Waals surface area contributed by atoms with E-state index in [2.05, 4.69) is 23.9 Å². The van der Waals surface area contributed by atoms with Crippen molar-refractivity contribution in [2.45, 2.75) is 25.0 Å². The molecular formula is C22H31NO6. The lowest BCUT2D eigenvalue weighted by Gasteiger charge is -2.17. The number of rotatable bonds is 13. The summed E-state index contributed by atoms with van der Waals surface area (Å²) in [5.74, 6) is 6.63. The van der Waals surface area contributed by atoms with Gasteiger partial charge in [-0.25, -0.2) is 5.90 Å². The van der Waals surface area contributed by atoms with Gasteiger partial charge in [-0.1, -0.05) is 31.2 Å². The van der Waals surface area contributed by atoms with Crippen LogP contribution in [0.3, 0.4) is 0 Å². The third-order valence-corrected chi connectivity index (χ3v) is 4.61. The molecule has 0 saturated heterocycles. The van der Waals surface area contributed by atoms with Gasteiger partial charge in [0.25, 0.3) is 0 Å². The minimum absolute atomic E-state index is 0.0351. The fourth-order valence-corrected chi connectivity index (χ4v) is 2.81. The van der Waals surface area contributed by atoms with E-state index in [0.717, 1.165) is 11.3 Å². The van der Waals surface area contributed by atoms with Gasteiger partial charge in [0.15, 0.2) is 0 Å². The van der Waals surface area contributed by atoms with Crippen molar-refractivity contribution in [2.24, 2.45) is 5.90 Å². The Hall–Kier alpha value is -2.16. The minimum Gasteiger partial charge on any atom is -0.491 e. The largest absolute Gasteiger partial charge is 0.491 e. The van der Waals surface area contributed by atoms with Crippen molar-refractivity contribution in [1.29, 1.82) is 0 Å². The average Bonchev–Trinajstić information content (AvgIpc) is 2.75. The Bertz CT molecular complexity index is 691. The molecule has 0 bridgehead atoms. The molecule has 3 atom stereocenters. The van der Waals surface area contributed by atoms with Gasteiger partial charge in [-0.3, -0.25) is 0 Å². The zero-order chi connectivity index (χ0) is 21.1. The second-order valence-corrected chi connectivity index (χ2v) is 6.78. The molecule has 3 N–H and O–H groups in total. The SMILES string of the molecule is COCC(COc1ccc(C(C)c2ccc(OCC(O)CON)cc2)cc1)OC. The first-order valence-electron chi connectivity index (χ1n) is 9.54. The highest BCUT2D eigenvalue weighted by molar-refractivity contribution is 5.37. The standard InChI is InChI=1S/C22H31NO6/c1-16(17-4-8-20(9-5-17)27-12-19(24)13-29-23)18-6-10-21(11-7-18)28-15-22(26-3)14-25-2/h4-11,16,19,22,24H,12-15,23H2,1-3H3. The van der Waals surface area contributed by atoms with Gasteiger partial charge in [0, 0.05) is 20.1 Å². The van der Waals surface area contributed by atoms with Crippen LogP contribution in [-0.4, -0.2) is 58.0 Å². The molecule has 0 amide bonds. The molecule has 2 rings (SSSR count). The molecule has 29 heavy (non-hydrogen) atoms. The van der Waals surface area contributed by atoms with Gasteiger partial charge in [-0.2, -0.15) is 0 Å². The predicted molar refractivity (Wildman–Crippen MR) is 110 cm³/mol. The predicted octanol–water partition coefficient (Wildman–Crippen LogP) is 2.51. The van der Waals surface area contributed by atoms with Crippen molar-refractivity contribution < 1.29 is 28.9 Å². The molecule has 7 nitrogen and oxygen atoms in total. The summed E-state index contributed by atoms with van der Waals surface area (Å²) in [6, 6.07) is 15.9. The third-order valence-electron chi connectivity index (χ3n) is 4.61. The van der Waals surface area contributed by atoms with Gasteiger partial charge in [0.05, 0.1) is 13.2 Å². The summed E-state index contributed by atoms with van der Waals surface area (Å²) in [7, 11) is 3.28. The van der Waals surface area contributed by atoms with Crippen LogP contribution in [-0.2, 0) is 14.3 Å². The molecule has 0 aliphatic carbocycles. The van der Waals surface area contributed by atoms with Gasteiger partial charge in [0.1, 0.15) is 36.9 Å². The number of hydrogen-bond acceptors (Lipinski definition) is 7. The number of ether oxygens (including phenoxy) is 4. The summed E-state index contributed by atoms with van der Waals surface area (Å²) in [6.45, 7) is 3.24. The van der Waals surface area contributed by atoms with Crippen LogP contribution in [0.5, 0.6) is 11.5 Å². The van der Waals surface area contributed by atoms with Gasteiger partial charge in [-0.05, 0) is 35.4 Å². The maximum atomic E-state index is 9.58. The van der Waals surface area contributed by atoms with Crippen LogP contribution in [0.15, 0.2) is 48.5 Å². The topological polar surface area (TPSA) is 92.4 Å². The van der Waals surface area contributed by atoms with Crippen molar-refractivity contribution in [3.05, 3.63) is 59.7 Å². The van der Waals surface area contributed by atoms with Crippen LogP contribution in [0.2, 0.25) is 0 Å². The van der Waals surface area contributed by atoms with E-state index in [4.69, 9.17) is 24.8 Å². The molecule has 0 aliphatic heterocycles. The minimum atomic E-state index is -0.756. The molecule has 0 aliphatic rings. The van der Waals surface area contributed by atoms with E-state index < -0.39 is 6.10 Å². The molecule has 0 fully saturated rings. The fourth-order valence-electron chi connectivity index (χ4n) is 2.81. The maximum Gasteiger partial charge on any atom is 0.119 e. The number of methoxy groups -OCH3 is 2. The molecule has 7 heteroatoms. The zero-order valence-corrected chi connectivity index (χ0v) is 17.2. The summed E-state index contributed by atoms with van der Waals surface area (Å²) in [6.07, 6.45) is -0.851. The average molecular weight is 405 g/mol. The van der Waals surface area contributed by atoms with Crippen molar-refractivity contribution in [3.8, 4) is 11.5 Å². The highest BCUT2D eigenvalue weighted by Crippen LogP contribution is 2.27. The van der Waals surface area contributed by atoms with Crippen LogP contribution in [0, 0.1) is 0 Å². The lowest BCUT2D eigenvalue weighted by Crippen LogP contribution is -2.25. The van der Waals surface area contributed by atoms with Gasteiger partial charge < -0.3 is 28.9 Å². The smallest absolute Gasteiger partial charge is 0.119 e. The van der Waals surface area contributed by atoms with Crippen molar-refractivity contribution in [3.63, 3.8) is 0 Å². The fraction of sp³-hybridized carbons (Fsp3) is 0.455. The maximum absolute atomic E-state index is 9.58. The Labute approximate surface area is 172 Å². The summed E-state index contributed by atoms with van der Waals surface area (Å²) in [4.78, 5) is 4.39. The Morgan fingerprint density at radius 2 is 1.31 bits per heavy atom. The number of aliphatic hydroxyl groups is 1. The van der Waals surface area contributed by atoms with Crippen LogP contribution >= 0.6 is 0 Å². The molecule has 2 aromatic rings. The Morgan fingerprint density at radius 1 is 0.793 bits per heavy atom. The summed E-state index contributed by atoms with van der Waals surface area (Å²) >= 11 is 0. The first kappa shape index (κ1) is 23.1. The molecule has 3 unspecified atom stereocenters. The first-order chi connectivity index (χ1) is 14.1. The van der Waals surface area contributed by atoms with Gasteiger partial charge in [0.2, 0.25) is 0 Å². The van der Waals surface area contributed by atoms with E-state index in [1.54, 1.807) is 14.2 Å². The van der Waals surface area contributed by atoms with E-state index in [-0.39, 0.29) is 25.2 Å². The van der Waals surface area contributed by atoms with Crippen LogP contribution in [0.1, 0.15) is 24.0 Å². The molecule has 0 saturated carbocycles. The van der Waals surface area contributed by atoms with E-state index in [9.17, 15) is 5.11 Å². The van der Waals surface area contributed by atoms with Crippen molar-refractivity contribution in [1.82, 2.24) is 0 Å². The molecule has 2 aromatic carbocycles. The Kier molecular flexibility index (Phi) is 9.90. The third kappa shape index (κ3) is 7.64. The van der Waals surface area contributed by atoms with Crippen LogP contribution < -0.4 is 15.4 Å². The number of nitrogens with two attached hydrogens (primary N) is 1. The van der Waals surface area contributed by atoms with Crippen molar-refractivity contribution >= 4 is 0 Å². The molecule has 160 valence electrons. The summed E-state index contributed by atoms with van der Waals surface area (Å²) < 4.78 is 21.7. The van der Waals surface area contributed by atoms with Gasteiger partial charge >= 0.3 is 0 Å². The summed E-state index contributed by atoms with van der Waals surface area (Å²) in [5.41, 5.74) is 2.35. The number of aliphatic hydroxyl groups excluding tert-OH is 1. The lowest BCUT2D eigenvalue weighted by atomic mass is 9.93. The number of hydrogen-bond donors (Lipinski definition) is 2. The normalized spacial score (nSPS) is 14.2. The second kappa shape index (κ2) is 12.4. The van der Waals surface area contributed by atoms with E-state index >= 15 is 0 Å². The highest BCUT2D eigenvalue weighted by Gasteiger charge is 2.11. The molecule has 0 heterocycles. The van der Waals surface area contributed by atoms with Crippen LogP contribution in [0.25, 0.3) is 0 Å². The van der Waals surface area contributed by atoms with E-state index in [1.807, 2.05) is 36.4 Å². The van der Waals surface area contributed by atoms with Crippen molar-refractivity contribution in [2.75, 3.05) is 40.6 Å². The highest BCUT2D eigenvalue weighted by atomic mass is 16.6. The lowest BCUT2D eigenvalue weighted by molar-refractivity contribution is 0.000873. The Morgan fingerprint density at radius 3 is 1.76 bits per heavy atom. The quantitative estimate of drug-likeness (QED) is 0.495. The van der Waals surface area contributed by atoms with Crippen LogP contribution in [0.4, 0.5) is 0 Å². The summed E-state index contributed by atoms with van der Waals surface area (Å²) in [5, 5.41) is 9.58. The van der Waals surface area contributed by atoms with E-state index in [1.165, 1.54) is 5.56 Å². The monoisotopic (exact) mass is 405 g/mol. The second-order valence-electron chi connectivity index (χ2n) is 6.78. The molecule has 0 radical (unpaired) electrons. The molecule has 0 spiro atoms. The van der Waals surface area contributed by atoms with E-state index in [0.29, 0.717) is 19.0 Å². The number of benzene rings is 2. The molecule has 0 aromatic heterocycles. The van der Waals surface area contributed by atoms with Gasteiger partial charge in [-0.15, -0.1) is 0 Å². The zero-order valence-electron chi connectivity index (χ0n) is 17.2.